The Bertz CT molecular complexity index is 158. The summed E-state index contributed by atoms with van der Waals surface area (Å²) in [5.74, 6) is 0. The number of hydrogen-bond donors (Lipinski definition) is 4. The van der Waals surface area contributed by atoms with Gasteiger partial charge in [0.25, 0.3) is 0 Å². The third-order valence-corrected chi connectivity index (χ3v) is 1.50. The van der Waals surface area contributed by atoms with Crippen LogP contribution >= 0.6 is 0 Å². The van der Waals surface area contributed by atoms with Crippen molar-refractivity contribution >= 4 is 10.4 Å². The minimum Gasteiger partial charge on any atom is -0.344 e. The molecule has 1 fully saturated rings. The van der Waals surface area contributed by atoms with Gasteiger partial charge in [-0.15, -0.1) is 0 Å². The van der Waals surface area contributed by atoms with Crippen molar-refractivity contribution in [3.63, 3.8) is 0 Å². The zero-order valence-electron chi connectivity index (χ0n) is 7.78. The molecule has 0 amide bonds. The van der Waals surface area contributed by atoms with Crippen LogP contribution in [0.1, 0.15) is 38.5 Å². The molecule has 0 bridgehead atoms. The van der Waals surface area contributed by atoms with E-state index < -0.39 is 10.4 Å². The molecular formula is C6H20N2O4S. The Morgan fingerprint density at radius 1 is 0.692 bits per heavy atom. The molecule has 0 aromatic heterocycles. The number of rotatable bonds is 0. The summed E-state index contributed by atoms with van der Waals surface area (Å²) in [6.45, 7) is 0. The van der Waals surface area contributed by atoms with Gasteiger partial charge < -0.3 is 12.3 Å². The quantitative estimate of drug-likeness (QED) is 0.456. The van der Waals surface area contributed by atoms with Crippen LogP contribution in [0.25, 0.3) is 0 Å². The predicted molar refractivity (Wildman–Crippen MR) is 51.9 cm³/mol. The van der Waals surface area contributed by atoms with E-state index in [9.17, 15) is 0 Å². The van der Waals surface area contributed by atoms with E-state index in [1.54, 1.807) is 0 Å². The highest BCUT2D eigenvalue weighted by molar-refractivity contribution is 7.79. The Hall–Kier alpha value is -0.210. The van der Waals surface area contributed by atoms with Crippen LogP contribution in [-0.4, -0.2) is 17.5 Å². The highest BCUT2D eigenvalue weighted by Crippen LogP contribution is 2.15. The SMILES string of the molecule is C1CCCCC1.N.N.O=S(=O)(O)O. The monoisotopic (exact) mass is 216 g/mol. The standard InChI is InChI=1S/C6H12.2H3N.H2O4S/c1-2-4-6-5-3-1;;;1-5(2,3)4/h1-6H2;2*1H3;(H2,1,2,3,4). The molecule has 0 aliphatic heterocycles. The maximum absolute atomic E-state index is 8.74. The predicted octanol–water partition coefficient (Wildman–Crippen LogP) is 2.01. The van der Waals surface area contributed by atoms with Crippen LogP contribution in [0.3, 0.4) is 0 Å². The first kappa shape index (κ1) is 18.5. The van der Waals surface area contributed by atoms with Gasteiger partial charge in [-0.2, -0.15) is 8.42 Å². The topological polar surface area (TPSA) is 145 Å². The van der Waals surface area contributed by atoms with Gasteiger partial charge in [-0.1, -0.05) is 38.5 Å². The highest BCUT2D eigenvalue weighted by Gasteiger charge is 1.95. The van der Waals surface area contributed by atoms with Gasteiger partial charge in [-0.3, -0.25) is 9.11 Å². The van der Waals surface area contributed by atoms with E-state index in [1.165, 1.54) is 38.5 Å². The fraction of sp³-hybridized carbons (Fsp3) is 1.00. The Morgan fingerprint density at radius 2 is 0.769 bits per heavy atom. The fourth-order valence-corrected chi connectivity index (χ4v) is 1.06. The van der Waals surface area contributed by atoms with Crippen molar-refractivity contribution in [2.24, 2.45) is 0 Å². The van der Waals surface area contributed by atoms with Crippen LogP contribution in [0.4, 0.5) is 0 Å². The third kappa shape index (κ3) is 33.7. The molecular weight excluding hydrogens is 196 g/mol. The van der Waals surface area contributed by atoms with E-state index in [1.807, 2.05) is 0 Å². The fourth-order valence-electron chi connectivity index (χ4n) is 1.06. The molecule has 0 heterocycles. The molecule has 0 saturated heterocycles. The largest absolute Gasteiger partial charge is 0.394 e. The molecule has 8 N–H and O–H groups in total. The average molecular weight is 216 g/mol. The van der Waals surface area contributed by atoms with Crippen molar-refractivity contribution in [2.75, 3.05) is 0 Å². The molecule has 6 nitrogen and oxygen atoms in total. The molecule has 1 aliphatic rings. The Labute approximate surface area is 79.5 Å². The lowest BCUT2D eigenvalue weighted by Gasteiger charge is -2.05. The summed E-state index contributed by atoms with van der Waals surface area (Å²) in [6, 6.07) is 0. The zero-order chi connectivity index (χ0) is 8.74. The maximum Gasteiger partial charge on any atom is 0.394 e. The summed E-state index contributed by atoms with van der Waals surface area (Å²) < 4.78 is 31.6. The van der Waals surface area contributed by atoms with Gasteiger partial charge in [0.2, 0.25) is 0 Å². The minimum atomic E-state index is -4.67. The van der Waals surface area contributed by atoms with Crippen molar-refractivity contribution < 1.29 is 17.5 Å². The van der Waals surface area contributed by atoms with E-state index in [2.05, 4.69) is 0 Å². The van der Waals surface area contributed by atoms with Gasteiger partial charge in [0.15, 0.2) is 0 Å². The smallest absolute Gasteiger partial charge is 0.344 e. The molecule has 1 rings (SSSR count). The van der Waals surface area contributed by atoms with Gasteiger partial charge in [0.05, 0.1) is 0 Å². The first-order valence-corrected chi connectivity index (χ1v) is 5.10. The van der Waals surface area contributed by atoms with Crippen LogP contribution in [0.2, 0.25) is 0 Å². The molecule has 0 aromatic carbocycles. The van der Waals surface area contributed by atoms with Crippen molar-refractivity contribution in [2.45, 2.75) is 38.5 Å². The zero-order valence-corrected chi connectivity index (χ0v) is 8.59. The van der Waals surface area contributed by atoms with Crippen LogP contribution in [-0.2, 0) is 10.4 Å². The summed E-state index contributed by atoms with van der Waals surface area (Å²) in [6.07, 6.45) is 9.00. The Balaban J connectivity index is -0.000000136. The van der Waals surface area contributed by atoms with Gasteiger partial charge in [0.1, 0.15) is 0 Å². The molecule has 0 aromatic rings. The van der Waals surface area contributed by atoms with E-state index >= 15 is 0 Å². The molecule has 1 saturated carbocycles. The molecule has 0 spiro atoms. The summed E-state index contributed by atoms with van der Waals surface area (Å²) in [4.78, 5) is 0. The van der Waals surface area contributed by atoms with Gasteiger partial charge in [0, 0.05) is 0 Å². The van der Waals surface area contributed by atoms with Crippen molar-refractivity contribution in [3.05, 3.63) is 0 Å². The maximum atomic E-state index is 8.74. The first-order valence-electron chi connectivity index (χ1n) is 3.70. The van der Waals surface area contributed by atoms with Gasteiger partial charge in [-0.05, 0) is 0 Å². The molecule has 0 unspecified atom stereocenters. The molecule has 84 valence electrons. The van der Waals surface area contributed by atoms with Crippen molar-refractivity contribution in [3.8, 4) is 0 Å². The third-order valence-electron chi connectivity index (χ3n) is 1.50. The lowest BCUT2D eigenvalue weighted by molar-refractivity contribution is 0.381. The normalized spacial score (nSPS) is 15.5. The van der Waals surface area contributed by atoms with Gasteiger partial charge >= 0.3 is 10.4 Å². The highest BCUT2D eigenvalue weighted by atomic mass is 32.3. The van der Waals surface area contributed by atoms with Crippen molar-refractivity contribution in [1.82, 2.24) is 12.3 Å². The van der Waals surface area contributed by atoms with Crippen LogP contribution in [0.15, 0.2) is 0 Å². The van der Waals surface area contributed by atoms with E-state index in [0.29, 0.717) is 0 Å². The Morgan fingerprint density at radius 3 is 0.846 bits per heavy atom. The molecule has 0 radical (unpaired) electrons. The summed E-state index contributed by atoms with van der Waals surface area (Å²) >= 11 is 0. The molecule has 13 heavy (non-hydrogen) atoms. The Kier molecular flexibility index (Phi) is 14.1. The minimum absolute atomic E-state index is 0. The first-order chi connectivity index (χ1) is 5.00. The summed E-state index contributed by atoms with van der Waals surface area (Å²) in [5.41, 5.74) is 0. The molecule has 1 aliphatic carbocycles. The lowest BCUT2D eigenvalue weighted by atomic mass is 10.0. The average Bonchev–Trinajstić information content (AvgIpc) is 1.88. The summed E-state index contributed by atoms with van der Waals surface area (Å²) in [5, 5.41) is 0. The van der Waals surface area contributed by atoms with E-state index in [-0.39, 0.29) is 12.3 Å². The number of hydrogen-bond acceptors (Lipinski definition) is 4. The molecule has 7 heteroatoms. The van der Waals surface area contributed by atoms with Crippen LogP contribution < -0.4 is 12.3 Å². The van der Waals surface area contributed by atoms with Crippen LogP contribution in [0, 0.1) is 0 Å². The van der Waals surface area contributed by atoms with Crippen molar-refractivity contribution in [1.29, 1.82) is 0 Å². The van der Waals surface area contributed by atoms with Gasteiger partial charge in [-0.25, -0.2) is 0 Å². The van der Waals surface area contributed by atoms with Crippen LogP contribution in [0.5, 0.6) is 0 Å². The molecule has 0 atom stereocenters. The lowest BCUT2D eigenvalue weighted by Crippen LogP contribution is -1.89. The second-order valence-corrected chi connectivity index (χ2v) is 3.46. The second-order valence-electron chi connectivity index (χ2n) is 2.57. The van der Waals surface area contributed by atoms with E-state index in [0.717, 1.165) is 0 Å². The second kappa shape index (κ2) is 9.87. The summed E-state index contributed by atoms with van der Waals surface area (Å²) in [7, 11) is -4.67. The van der Waals surface area contributed by atoms with E-state index in [4.69, 9.17) is 17.5 Å².